The fourth-order valence-corrected chi connectivity index (χ4v) is 2.77. The van der Waals surface area contributed by atoms with Gasteiger partial charge in [-0.05, 0) is 57.7 Å². The van der Waals surface area contributed by atoms with E-state index in [4.69, 9.17) is 0 Å². The molecule has 0 saturated carbocycles. The van der Waals surface area contributed by atoms with Crippen LogP contribution in [-0.2, 0) is 0 Å². The largest absolute Gasteiger partial charge is 0.317 e. The molecular formula is C16H23NO. The lowest BCUT2D eigenvalue weighted by atomic mass is 9.90. The number of carbonyl (C=O) groups is 1. The van der Waals surface area contributed by atoms with Crippen LogP contribution in [0.4, 0.5) is 0 Å². The van der Waals surface area contributed by atoms with E-state index >= 15 is 0 Å². The van der Waals surface area contributed by atoms with Gasteiger partial charge in [-0.2, -0.15) is 0 Å². The van der Waals surface area contributed by atoms with Crippen LogP contribution in [0.15, 0.2) is 18.2 Å². The molecule has 2 heteroatoms. The van der Waals surface area contributed by atoms with E-state index in [9.17, 15) is 4.79 Å². The summed E-state index contributed by atoms with van der Waals surface area (Å²) in [6.45, 7) is 6.33. The minimum atomic E-state index is 0.311. The molecule has 0 radical (unpaired) electrons. The van der Waals surface area contributed by atoms with Crippen molar-refractivity contribution >= 4 is 5.78 Å². The quantitative estimate of drug-likeness (QED) is 0.825. The number of rotatable bonds is 4. The second-order valence-electron chi connectivity index (χ2n) is 5.47. The molecule has 0 aliphatic carbocycles. The van der Waals surface area contributed by atoms with Crippen LogP contribution in [0, 0.1) is 19.8 Å². The van der Waals surface area contributed by atoms with Crippen molar-refractivity contribution < 1.29 is 4.79 Å². The topological polar surface area (TPSA) is 29.1 Å². The summed E-state index contributed by atoms with van der Waals surface area (Å²) in [7, 11) is 0. The van der Waals surface area contributed by atoms with Crippen LogP contribution in [0.1, 0.15) is 47.2 Å². The van der Waals surface area contributed by atoms with Crippen LogP contribution in [0.5, 0.6) is 0 Å². The maximum Gasteiger partial charge on any atom is 0.163 e. The Morgan fingerprint density at radius 1 is 1.28 bits per heavy atom. The first-order chi connectivity index (χ1) is 8.66. The molecule has 1 aromatic carbocycles. The normalized spacial score (nSPS) is 16.8. The van der Waals surface area contributed by atoms with Gasteiger partial charge in [0, 0.05) is 12.0 Å². The molecule has 1 aliphatic heterocycles. The summed E-state index contributed by atoms with van der Waals surface area (Å²) in [4.78, 5) is 12.2. The minimum absolute atomic E-state index is 0.311. The zero-order valence-corrected chi connectivity index (χ0v) is 11.5. The van der Waals surface area contributed by atoms with Gasteiger partial charge in [-0.25, -0.2) is 0 Å². The summed E-state index contributed by atoms with van der Waals surface area (Å²) in [5, 5.41) is 3.36. The summed E-state index contributed by atoms with van der Waals surface area (Å²) in [6, 6.07) is 6.11. The number of hydrogen-bond acceptors (Lipinski definition) is 2. The fourth-order valence-electron chi connectivity index (χ4n) is 2.77. The Kier molecular flexibility index (Phi) is 4.54. The van der Waals surface area contributed by atoms with Gasteiger partial charge in [0.15, 0.2) is 5.78 Å². The van der Waals surface area contributed by atoms with E-state index in [1.165, 1.54) is 18.4 Å². The smallest absolute Gasteiger partial charge is 0.163 e. The molecular weight excluding hydrogens is 222 g/mol. The zero-order valence-electron chi connectivity index (χ0n) is 11.5. The maximum atomic E-state index is 12.2. The second kappa shape index (κ2) is 6.14. The molecule has 98 valence electrons. The van der Waals surface area contributed by atoms with E-state index in [0.29, 0.717) is 12.2 Å². The Labute approximate surface area is 110 Å². The van der Waals surface area contributed by atoms with Gasteiger partial charge < -0.3 is 5.32 Å². The number of aryl methyl sites for hydroxylation is 2. The van der Waals surface area contributed by atoms with Crippen molar-refractivity contribution in [3.63, 3.8) is 0 Å². The minimum Gasteiger partial charge on any atom is -0.317 e. The highest BCUT2D eigenvalue weighted by Gasteiger charge is 2.16. The van der Waals surface area contributed by atoms with Crippen LogP contribution in [0.25, 0.3) is 0 Å². The number of piperidine rings is 1. The lowest BCUT2D eigenvalue weighted by Crippen LogP contribution is -2.28. The maximum absolute atomic E-state index is 12.2. The Morgan fingerprint density at radius 2 is 2.00 bits per heavy atom. The Bertz CT molecular complexity index is 419. The third-order valence-corrected chi connectivity index (χ3v) is 3.92. The Hall–Kier alpha value is -1.15. The molecule has 1 fully saturated rings. The Morgan fingerprint density at radius 3 is 2.67 bits per heavy atom. The van der Waals surface area contributed by atoms with Gasteiger partial charge in [0.05, 0.1) is 0 Å². The van der Waals surface area contributed by atoms with Crippen molar-refractivity contribution in [3.8, 4) is 0 Å². The third-order valence-electron chi connectivity index (χ3n) is 3.92. The molecule has 2 rings (SSSR count). The van der Waals surface area contributed by atoms with Crippen molar-refractivity contribution in [2.45, 2.75) is 39.5 Å². The highest BCUT2D eigenvalue weighted by Crippen LogP contribution is 2.20. The Balaban J connectivity index is 1.90. The number of nitrogens with one attached hydrogen (secondary N) is 1. The van der Waals surface area contributed by atoms with Crippen LogP contribution < -0.4 is 5.32 Å². The van der Waals surface area contributed by atoms with Crippen LogP contribution >= 0.6 is 0 Å². The second-order valence-corrected chi connectivity index (χ2v) is 5.47. The number of benzene rings is 1. The summed E-state index contributed by atoms with van der Waals surface area (Å²) in [5.41, 5.74) is 3.25. The molecule has 1 aromatic rings. The number of Topliss-reactive ketones (excluding diaryl/α,β-unsaturated/α-hetero) is 1. The summed E-state index contributed by atoms with van der Waals surface area (Å²) in [6.07, 6.45) is 4.20. The van der Waals surface area contributed by atoms with E-state index in [0.717, 1.165) is 36.6 Å². The molecule has 0 amide bonds. The van der Waals surface area contributed by atoms with E-state index in [1.807, 2.05) is 19.1 Å². The number of hydrogen-bond donors (Lipinski definition) is 1. The molecule has 1 aliphatic rings. The standard InChI is InChI=1S/C16H23NO/c1-12-3-5-15(13(2)11-12)16(18)6-4-14-7-9-17-10-8-14/h3,5,11,14,17H,4,6-10H2,1-2H3. The van der Waals surface area contributed by atoms with Crippen LogP contribution in [-0.4, -0.2) is 18.9 Å². The van der Waals surface area contributed by atoms with E-state index in [1.54, 1.807) is 0 Å². The first kappa shape index (κ1) is 13.3. The lowest BCUT2D eigenvalue weighted by Gasteiger charge is -2.22. The molecule has 1 N–H and O–H groups in total. The molecule has 0 spiro atoms. The van der Waals surface area contributed by atoms with Crippen LogP contribution in [0.2, 0.25) is 0 Å². The van der Waals surface area contributed by atoms with Gasteiger partial charge in [-0.1, -0.05) is 23.8 Å². The summed E-state index contributed by atoms with van der Waals surface area (Å²) in [5.74, 6) is 1.05. The van der Waals surface area contributed by atoms with Crippen molar-refractivity contribution in [3.05, 3.63) is 34.9 Å². The predicted molar refractivity (Wildman–Crippen MR) is 75.1 cm³/mol. The number of carbonyl (C=O) groups excluding carboxylic acids is 1. The average Bonchev–Trinajstić information content (AvgIpc) is 2.37. The molecule has 1 saturated heterocycles. The molecule has 1 heterocycles. The van der Waals surface area contributed by atoms with Crippen molar-refractivity contribution in [2.75, 3.05) is 13.1 Å². The van der Waals surface area contributed by atoms with Gasteiger partial charge in [-0.3, -0.25) is 4.79 Å². The van der Waals surface area contributed by atoms with Crippen molar-refractivity contribution in [1.82, 2.24) is 5.32 Å². The monoisotopic (exact) mass is 245 g/mol. The van der Waals surface area contributed by atoms with Crippen molar-refractivity contribution in [1.29, 1.82) is 0 Å². The van der Waals surface area contributed by atoms with Gasteiger partial charge >= 0.3 is 0 Å². The summed E-state index contributed by atoms with van der Waals surface area (Å²) < 4.78 is 0. The van der Waals surface area contributed by atoms with E-state index in [-0.39, 0.29) is 0 Å². The SMILES string of the molecule is Cc1ccc(C(=O)CCC2CCNCC2)c(C)c1. The van der Waals surface area contributed by atoms with Gasteiger partial charge in [-0.15, -0.1) is 0 Å². The average molecular weight is 245 g/mol. The first-order valence-corrected chi connectivity index (χ1v) is 6.98. The molecule has 0 atom stereocenters. The lowest BCUT2D eigenvalue weighted by molar-refractivity contribution is 0.0970. The summed E-state index contributed by atoms with van der Waals surface area (Å²) >= 11 is 0. The molecule has 0 aromatic heterocycles. The van der Waals surface area contributed by atoms with Gasteiger partial charge in [0.2, 0.25) is 0 Å². The van der Waals surface area contributed by atoms with Gasteiger partial charge in [0.1, 0.15) is 0 Å². The fraction of sp³-hybridized carbons (Fsp3) is 0.562. The third kappa shape index (κ3) is 3.42. The molecule has 18 heavy (non-hydrogen) atoms. The predicted octanol–water partition coefficient (Wildman–Crippen LogP) is 3.27. The molecule has 0 unspecified atom stereocenters. The number of ketones is 1. The van der Waals surface area contributed by atoms with Crippen molar-refractivity contribution in [2.24, 2.45) is 5.92 Å². The van der Waals surface area contributed by atoms with E-state index in [2.05, 4.69) is 18.3 Å². The highest BCUT2D eigenvalue weighted by atomic mass is 16.1. The molecule has 2 nitrogen and oxygen atoms in total. The molecule has 0 bridgehead atoms. The highest BCUT2D eigenvalue weighted by molar-refractivity contribution is 5.97. The van der Waals surface area contributed by atoms with Gasteiger partial charge in [0.25, 0.3) is 0 Å². The van der Waals surface area contributed by atoms with E-state index < -0.39 is 0 Å². The van der Waals surface area contributed by atoms with Crippen LogP contribution in [0.3, 0.4) is 0 Å². The first-order valence-electron chi connectivity index (χ1n) is 6.98. The zero-order chi connectivity index (χ0) is 13.0.